The average Bonchev–Trinajstić information content (AvgIpc) is 2.47. The second kappa shape index (κ2) is 8.01. The van der Waals surface area contributed by atoms with Gasteiger partial charge in [-0.2, -0.15) is 0 Å². The van der Waals surface area contributed by atoms with Gasteiger partial charge in [-0.25, -0.2) is 9.97 Å². The summed E-state index contributed by atoms with van der Waals surface area (Å²) in [5, 5.41) is 7.76. The topological polar surface area (TPSA) is 49.8 Å². The summed E-state index contributed by atoms with van der Waals surface area (Å²) in [6, 6.07) is 7.41. The van der Waals surface area contributed by atoms with Gasteiger partial charge in [-0.05, 0) is 31.0 Å². The van der Waals surface area contributed by atoms with E-state index in [1.165, 1.54) is 0 Å². The van der Waals surface area contributed by atoms with E-state index in [1.54, 1.807) is 12.1 Å². The quantitative estimate of drug-likeness (QED) is 0.738. The van der Waals surface area contributed by atoms with Gasteiger partial charge < -0.3 is 10.6 Å². The zero-order chi connectivity index (χ0) is 15.9. The zero-order valence-electron chi connectivity index (χ0n) is 12.4. The van der Waals surface area contributed by atoms with Crippen molar-refractivity contribution in [3.63, 3.8) is 0 Å². The molecule has 0 aliphatic rings. The largest absolute Gasteiger partial charge is 0.370 e. The van der Waals surface area contributed by atoms with Crippen molar-refractivity contribution in [3.05, 3.63) is 58.4 Å². The molecule has 0 bridgehead atoms. The molecule has 2 aromatic rings. The fourth-order valence-corrected chi connectivity index (χ4v) is 2.48. The van der Waals surface area contributed by atoms with E-state index in [-0.39, 0.29) is 0 Å². The standard InChI is InChI=1S/C16H18Cl2N4/c1-3-7-19-15-10-16(22-11(2)21-15)20-8-6-12-4-5-13(17)9-14(12)18/h3-5,9-10H,1,6-8H2,2H3,(H2,19,20,21,22). The summed E-state index contributed by atoms with van der Waals surface area (Å²) in [6.07, 6.45) is 2.57. The van der Waals surface area contributed by atoms with E-state index in [4.69, 9.17) is 23.2 Å². The van der Waals surface area contributed by atoms with E-state index in [0.717, 1.165) is 30.2 Å². The van der Waals surface area contributed by atoms with Crippen molar-refractivity contribution in [2.24, 2.45) is 0 Å². The van der Waals surface area contributed by atoms with E-state index < -0.39 is 0 Å². The highest BCUT2D eigenvalue weighted by Gasteiger charge is 2.03. The number of nitrogens with zero attached hydrogens (tertiary/aromatic N) is 2. The number of hydrogen-bond donors (Lipinski definition) is 2. The molecule has 1 aromatic carbocycles. The predicted octanol–water partition coefficient (Wildman–Crippen LogP) is 4.34. The van der Waals surface area contributed by atoms with E-state index in [1.807, 2.05) is 25.1 Å². The van der Waals surface area contributed by atoms with Crippen LogP contribution in [0.5, 0.6) is 0 Å². The molecule has 0 saturated heterocycles. The molecule has 0 atom stereocenters. The Hall–Kier alpha value is -1.78. The van der Waals surface area contributed by atoms with E-state index in [9.17, 15) is 0 Å². The Morgan fingerprint density at radius 3 is 2.55 bits per heavy atom. The van der Waals surface area contributed by atoms with Crippen LogP contribution in [-0.4, -0.2) is 23.1 Å². The fraction of sp³-hybridized carbons (Fsp3) is 0.250. The van der Waals surface area contributed by atoms with Crippen LogP contribution in [0.15, 0.2) is 36.9 Å². The highest BCUT2D eigenvalue weighted by Crippen LogP contribution is 2.21. The van der Waals surface area contributed by atoms with Gasteiger partial charge in [0.25, 0.3) is 0 Å². The van der Waals surface area contributed by atoms with Crippen LogP contribution in [0.1, 0.15) is 11.4 Å². The van der Waals surface area contributed by atoms with E-state index >= 15 is 0 Å². The summed E-state index contributed by atoms with van der Waals surface area (Å²) < 4.78 is 0. The summed E-state index contributed by atoms with van der Waals surface area (Å²) in [4.78, 5) is 8.68. The van der Waals surface area contributed by atoms with Crippen LogP contribution >= 0.6 is 23.2 Å². The van der Waals surface area contributed by atoms with Crippen LogP contribution in [-0.2, 0) is 6.42 Å². The molecular weight excluding hydrogens is 319 g/mol. The van der Waals surface area contributed by atoms with Gasteiger partial charge in [0, 0.05) is 29.2 Å². The van der Waals surface area contributed by atoms with Gasteiger partial charge in [-0.15, -0.1) is 6.58 Å². The minimum Gasteiger partial charge on any atom is -0.370 e. The van der Waals surface area contributed by atoms with Crippen LogP contribution in [0.3, 0.4) is 0 Å². The zero-order valence-corrected chi connectivity index (χ0v) is 13.9. The second-order valence-electron chi connectivity index (χ2n) is 4.77. The molecule has 1 heterocycles. The Morgan fingerprint density at radius 2 is 1.86 bits per heavy atom. The van der Waals surface area contributed by atoms with Crippen molar-refractivity contribution >= 4 is 34.8 Å². The highest BCUT2D eigenvalue weighted by molar-refractivity contribution is 6.35. The summed E-state index contributed by atoms with van der Waals surface area (Å²) >= 11 is 12.1. The number of aromatic nitrogens is 2. The lowest BCUT2D eigenvalue weighted by Gasteiger charge is -2.10. The Labute approximate surface area is 140 Å². The average molecular weight is 337 g/mol. The van der Waals surface area contributed by atoms with Crippen molar-refractivity contribution < 1.29 is 0 Å². The lowest BCUT2D eigenvalue weighted by molar-refractivity contribution is 0.980. The minimum absolute atomic E-state index is 0.645. The third-order valence-electron chi connectivity index (χ3n) is 2.98. The van der Waals surface area contributed by atoms with Crippen molar-refractivity contribution in [1.29, 1.82) is 0 Å². The highest BCUT2D eigenvalue weighted by atomic mass is 35.5. The molecule has 0 spiro atoms. The van der Waals surface area contributed by atoms with Crippen LogP contribution in [0.4, 0.5) is 11.6 Å². The first kappa shape index (κ1) is 16.6. The van der Waals surface area contributed by atoms with Crippen molar-refractivity contribution in [1.82, 2.24) is 9.97 Å². The third-order valence-corrected chi connectivity index (χ3v) is 3.57. The molecule has 0 aliphatic heterocycles. The Morgan fingerprint density at radius 1 is 1.14 bits per heavy atom. The van der Waals surface area contributed by atoms with Gasteiger partial charge in [-0.1, -0.05) is 35.3 Å². The summed E-state index contributed by atoms with van der Waals surface area (Å²) in [6.45, 7) is 6.92. The third kappa shape index (κ3) is 4.90. The molecule has 116 valence electrons. The molecule has 0 unspecified atom stereocenters. The lowest BCUT2D eigenvalue weighted by atomic mass is 10.1. The molecule has 2 rings (SSSR count). The Balaban J connectivity index is 1.96. The van der Waals surface area contributed by atoms with E-state index in [0.29, 0.717) is 22.4 Å². The fourth-order valence-electron chi connectivity index (χ4n) is 1.98. The maximum absolute atomic E-state index is 6.16. The number of hydrogen-bond acceptors (Lipinski definition) is 4. The first-order valence-electron chi connectivity index (χ1n) is 6.96. The van der Waals surface area contributed by atoms with Gasteiger partial charge >= 0.3 is 0 Å². The Bertz CT molecular complexity index is 659. The summed E-state index contributed by atoms with van der Waals surface area (Å²) in [5.41, 5.74) is 1.05. The molecule has 6 heteroatoms. The van der Waals surface area contributed by atoms with Gasteiger partial charge in [0.05, 0.1) is 0 Å². The monoisotopic (exact) mass is 336 g/mol. The number of benzene rings is 1. The van der Waals surface area contributed by atoms with Crippen molar-refractivity contribution in [2.75, 3.05) is 23.7 Å². The predicted molar refractivity (Wildman–Crippen MR) is 94.1 cm³/mol. The molecule has 2 N–H and O–H groups in total. The van der Waals surface area contributed by atoms with Gasteiger partial charge in [0.1, 0.15) is 17.5 Å². The van der Waals surface area contributed by atoms with Gasteiger partial charge in [-0.3, -0.25) is 0 Å². The molecule has 0 fully saturated rings. The number of rotatable bonds is 7. The van der Waals surface area contributed by atoms with Crippen molar-refractivity contribution in [2.45, 2.75) is 13.3 Å². The van der Waals surface area contributed by atoms with E-state index in [2.05, 4.69) is 27.2 Å². The summed E-state index contributed by atoms with van der Waals surface area (Å²) in [5.74, 6) is 2.27. The molecular formula is C16H18Cl2N4. The molecule has 1 aromatic heterocycles. The lowest BCUT2D eigenvalue weighted by Crippen LogP contribution is -2.09. The SMILES string of the molecule is C=CCNc1cc(NCCc2ccc(Cl)cc2Cl)nc(C)n1. The first-order valence-corrected chi connectivity index (χ1v) is 7.72. The molecule has 0 radical (unpaired) electrons. The normalized spacial score (nSPS) is 10.3. The number of nitrogens with one attached hydrogen (secondary N) is 2. The second-order valence-corrected chi connectivity index (χ2v) is 5.61. The Kier molecular flexibility index (Phi) is 6.04. The maximum Gasteiger partial charge on any atom is 0.132 e. The summed E-state index contributed by atoms with van der Waals surface area (Å²) in [7, 11) is 0. The number of halogens is 2. The van der Waals surface area contributed by atoms with Crippen LogP contribution < -0.4 is 10.6 Å². The molecule has 0 saturated carbocycles. The van der Waals surface area contributed by atoms with Gasteiger partial charge in [0.2, 0.25) is 0 Å². The first-order chi connectivity index (χ1) is 10.6. The maximum atomic E-state index is 6.16. The minimum atomic E-state index is 0.645. The molecule has 4 nitrogen and oxygen atoms in total. The van der Waals surface area contributed by atoms with Crippen LogP contribution in [0.2, 0.25) is 10.0 Å². The molecule has 0 amide bonds. The molecule has 0 aliphatic carbocycles. The number of aryl methyl sites for hydroxylation is 1. The van der Waals surface area contributed by atoms with Crippen LogP contribution in [0, 0.1) is 6.92 Å². The smallest absolute Gasteiger partial charge is 0.132 e. The number of anilines is 2. The van der Waals surface area contributed by atoms with Gasteiger partial charge in [0.15, 0.2) is 0 Å². The molecule has 22 heavy (non-hydrogen) atoms. The van der Waals surface area contributed by atoms with Crippen molar-refractivity contribution in [3.8, 4) is 0 Å². The van der Waals surface area contributed by atoms with Crippen LogP contribution in [0.25, 0.3) is 0 Å².